The molecule has 0 bridgehead atoms. The van der Waals surface area contributed by atoms with E-state index in [9.17, 15) is 0 Å². The molecule has 5 heteroatoms. The third kappa shape index (κ3) is 2.23. The average Bonchev–Trinajstić information content (AvgIpc) is 2.46. The van der Waals surface area contributed by atoms with Crippen LogP contribution in [0.3, 0.4) is 0 Å². The zero-order valence-corrected chi connectivity index (χ0v) is 10.0. The highest BCUT2D eigenvalue weighted by Crippen LogP contribution is 2.27. The number of ether oxygens (including phenoxy) is 2. The van der Waals surface area contributed by atoms with E-state index >= 15 is 0 Å². The Morgan fingerprint density at radius 1 is 1.06 bits per heavy atom. The van der Waals surface area contributed by atoms with Gasteiger partial charge in [-0.1, -0.05) is 12.1 Å². The van der Waals surface area contributed by atoms with Crippen molar-refractivity contribution in [1.29, 1.82) is 5.26 Å². The fourth-order valence-corrected chi connectivity index (χ4v) is 1.51. The number of nitriles is 1. The van der Waals surface area contributed by atoms with Crippen molar-refractivity contribution in [3.63, 3.8) is 0 Å². The Labute approximate surface area is 105 Å². The van der Waals surface area contributed by atoms with Crippen molar-refractivity contribution >= 4 is 0 Å². The second-order valence-electron chi connectivity index (χ2n) is 3.50. The highest BCUT2D eigenvalue weighted by molar-refractivity contribution is 5.62. The lowest BCUT2D eigenvalue weighted by Gasteiger charge is -2.07. The van der Waals surface area contributed by atoms with Gasteiger partial charge in [-0.25, -0.2) is 0 Å². The maximum atomic E-state index is 8.74. The van der Waals surface area contributed by atoms with Crippen molar-refractivity contribution in [1.82, 2.24) is 10.2 Å². The van der Waals surface area contributed by atoms with Crippen molar-refractivity contribution < 1.29 is 9.47 Å². The zero-order chi connectivity index (χ0) is 13.0. The summed E-state index contributed by atoms with van der Waals surface area (Å²) in [4.78, 5) is 0. The minimum atomic E-state index is 0.342. The number of hydrogen-bond acceptors (Lipinski definition) is 5. The lowest BCUT2D eigenvalue weighted by Crippen LogP contribution is -1.97. The third-order valence-electron chi connectivity index (χ3n) is 2.45. The predicted octanol–water partition coefficient (Wildman–Crippen LogP) is 2.03. The largest absolute Gasteiger partial charge is 0.491 e. The second kappa shape index (κ2) is 5.15. The summed E-state index contributed by atoms with van der Waals surface area (Å²) in [6.45, 7) is 0. The Morgan fingerprint density at radius 3 is 2.33 bits per heavy atom. The number of nitrogens with zero attached hydrogens (tertiary/aromatic N) is 3. The van der Waals surface area contributed by atoms with Gasteiger partial charge in [-0.05, 0) is 12.1 Å². The van der Waals surface area contributed by atoms with Crippen LogP contribution in [-0.4, -0.2) is 24.4 Å². The van der Waals surface area contributed by atoms with Gasteiger partial charge in [-0.15, -0.1) is 10.2 Å². The van der Waals surface area contributed by atoms with Crippen LogP contribution in [-0.2, 0) is 0 Å². The van der Waals surface area contributed by atoms with E-state index in [2.05, 4.69) is 16.3 Å². The van der Waals surface area contributed by atoms with Gasteiger partial charge in [-0.2, -0.15) is 5.26 Å². The molecule has 0 saturated carbocycles. The summed E-state index contributed by atoms with van der Waals surface area (Å²) in [6.07, 6.45) is 0. The van der Waals surface area contributed by atoms with Crippen LogP contribution in [0, 0.1) is 11.3 Å². The fourth-order valence-electron chi connectivity index (χ4n) is 1.51. The van der Waals surface area contributed by atoms with Gasteiger partial charge in [0.2, 0.25) is 0 Å². The molecule has 0 aliphatic heterocycles. The van der Waals surface area contributed by atoms with E-state index in [0.717, 1.165) is 5.56 Å². The molecule has 0 unspecified atom stereocenters. The summed E-state index contributed by atoms with van der Waals surface area (Å²) in [5, 5.41) is 16.7. The van der Waals surface area contributed by atoms with Crippen molar-refractivity contribution in [2.24, 2.45) is 0 Å². The van der Waals surface area contributed by atoms with Crippen LogP contribution in [0.5, 0.6) is 11.6 Å². The number of methoxy groups -OCH3 is 2. The third-order valence-corrected chi connectivity index (χ3v) is 2.45. The Kier molecular flexibility index (Phi) is 3.39. The van der Waals surface area contributed by atoms with Gasteiger partial charge >= 0.3 is 0 Å². The van der Waals surface area contributed by atoms with Crippen molar-refractivity contribution in [2.75, 3.05) is 14.2 Å². The SMILES string of the molecule is COc1cc(-c2ccc(C#N)cc2)nnc1OC. The van der Waals surface area contributed by atoms with Gasteiger partial charge in [-0.3, -0.25) is 0 Å². The molecule has 0 amide bonds. The van der Waals surface area contributed by atoms with Crippen molar-refractivity contribution in [3.8, 4) is 29.0 Å². The molecule has 1 aromatic carbocycles. The smallest absolute Gasteiger partial charge is 0.276 e. The van der Waals surface area contributed by atoms with E-state index < -0.39 is 0 Å². The number of aromatic nitrogens is 2. The number of rotatable bonds is 3. The molecule has 0 fully saturated rings. The summed E-state index contributed by atoms with van der Waals surface area (Å²) in [5.41, 5.74) is 2.13. The van der Waals surface area contributed by atoms with Gasteiger partial charge in [0.15, 0.2) is 5.75 Å². The average molecular weight is 241 g/mol. The van der Waals surface area contributed by atoms with Crippen molar-refractivity contribution in [3.05, 3.63) is 35.9 Å². The van der Waals surface area contributed by atoms with E-state index in [-0.39, 0.29) is 0 Å². The van der Waals surface area contributed by atoms with E-state index in [4.69, 9.17) is 14.7 Å². The number of benzene rings is 1. The van der Waals surface area contributed by atoms with E-state index in [1.165, 1.54) is 7.11 Å². The first-order chi connectivity index (χ1) is 8.78. The molecule has 0 spiro atoms. The van der Waals surface area contributed by atoms with Gasteiger partial charge in [0, 0.05) is 11.6 Å². The monoisotopic (exact) mass is 241 g/mol. The molecular weight excluding hydrogens is 230 g/mol. The molecular formula is C13H11N3O2. The summed E-state index contributed by atoms with van der Waals surface area (Å²) in [6, 6.07) is 10.9. The van der Waals surface area contributed by atoms with Crippen molar-refractivity contribution in [2.45, 2.75) is 0 Å². The van der Waals surface area contributed by atoms with Crippen LogP contribution in [0.1, 0.15) is 5.56 Å². The maximum absolute atomic E-state index is 8.74. The van der Waals surface area contributed by atoms with Crippen LogP contribution in [0.4, 0.5) is 0 Å². The summed E-state index contributed by atoms with van der Waals surface area (Å²) in [5.74, 6) is 0.863. The predicted molar refractivity (Wildman–Crippen MR) is 65.3 cm³/mol. The fraction of sp³-hybridized carbons (Fsp3) is 0.154. The lowest BCUT2D eigenvalue weighted by atomic mass is 10.1. The van der Waals surface area contributed by atoms with Crippen LogP contribution >= 0.6 is 0 Å². The molecule has 0 aliphatic rings. The quantitative estimate of drug-likeness (QED) is 0.822. The van der Waals surface area contributed by atoms with E-state index in [1.807, 2.05) is 12.1 Å². The first-order valence-corrected chi connectivity index (χ1v) is 5.24. The maximum Gasteiger partial charge on any atom is 0.276 e. The molecule has 18 heavy (non-hydrogen) atoms. The second-order valence-corrected chi connectivity index (χ2v) is 3.50. The molecule has 5 nitrogen and oxygen atoms in total. The molecule has 2 rings (SSSR count). The minimum absolute atomic E-state index is 0.342. The normalized spacial score (nSPS) is 9.61. The zero-order valence-electron chi connectivity index (χ0n) is 10.0. The van der Waals surface area contributed by atoms with E-state index in [1.54, 1.807) is 25.3 Å². The van der Waals surface area contributed by atoms with Gasteiger partial charge in [0.05, 0.1) is 31.5 Å². The van der Waals surface area contributed by atoms with Crippen LogP contribution < -0.4 is 9.47 Å². The Hall–Kier alpha value is -2.61. The standard InChI is InChI=1S/C13H11N3O2/c1-17-12-7-11(15-16-13(12)18-2)10-5-3-9(8-14)4-6-10/h3-7H,1-2H3. The van der Waals surface area contributed by atoms with Crippen LogP contribution in [0.15, 0.2) is 30.3 Å². The molecule has 0 atom stereocenters. The van der Waals surface area contributed by atoms with Gasteiger partial charge < -0.3 is 9.47 Å². The first kappa shape index (κ1) is 11.9. The molecule has 1 aromatic heterocycles. The lowest BCUT2D eigenvalue weighted by molar-refractivity contribution is 0.338. The topological polar surface area (TPSA) is 68.0 Å². The molecule has 90 valence electrons. The highest BCUT2D eigenvalue weighted by Gasteiger charge is 2.09. The molecule has 0 radical (unpaired) electrons. The minimum Gasteiger partial charge on any atom is -0.491 e. The number of hydrogen-bond donors (Lipinski definition) is 0. The first-order valence-electron chi connectivity index (χ1n) is 5.24. The Morgan fingerprint density at radius 2 is 1.78 bits per heavy atom. The Bertz CT molecular complexity index is 588. The van der Waals surface area contributed by atoms with Crippen LogP contribution in [0.25, 0.3) is 11.3 Å². The summed E-state index contributed by atoms with van der Waals surface area (Å²) in [7, 11) is 3.05. The summed E-state index contributed by atoms with van der Waals surface area (Å²) < 4.78 is 10.2. The molecule has 1 heterocycles. The molecule has 2 aromatic rings. The van der Waals surface area contributed by atoms with Gasteiger partial charge in [0.25, 0.3) is 5.88 Å². The summed E-state index contributed by atoms with van der Waals surface area (Å²) >= 11 is 0. The molecule has 0 N–H and O–H groups in total. The Balaban J connectivity index is 2.41. The highest BCUT2D eigenvalue weighted by atomic mass is 16.5. The van der Waals surface area contributed by atoms with Gasteiger partial charge in [0.1, 0.15) is 0 Å². The molecule has 0 saturated heterocycles. The van der Waals surface area contributed by atoms with E-state index in [0.29, 0.717) is 22.9 Å². The van der Waals surface area contributed by atoms with Crippen LogP contribution in [0.2, 0.25) is 0 Å². The molecule has 0 aliphatic carbocycles.